The van der Waals surface area contributed by atoms with Crippen molar-refractivity contribution in [2.24, 2.45) is 17.3 Å². The van der Waals surface area contributed by atoms with Crippen LogP contribution in [0.3, 0.4) is 0 Å². The van der Waals surface area contributed by atoms with Gasteiger partial charge in [-0.1, -0.05) is 25.5 Å². The van der Waals surface area contributed by atoms with Gasteiger partial charge in [0.25, 0.3) is 0 Å². The van der Waals surface area contributed by atoms with Crippen LogP contribution in [0, 0.1) is 17.3 Å². The minimum Gasteiger partial charge on any atom is -0.299 e. The van der Waals surface area contributed by atoms with Crippen LogP contribution < -0.4 is 0 Å². The Morgan fingerprint density at radius 2 is 2.25 bits per heavy atom. The normalized spacial score (nSPS) is 46.2. The molecule has 0 amide bonds. The Labute approximate surface area is 73.8 Å². The molecule has 0 bridgehead atoms. The lowest BCUT2D eigenvalue weighted by atomic mass is 9.76. The van der Waals surface area contributed by atoms with Crippen LogP contribution in [0.5, 0.6) is 0 Å². The monoisotopic (exact) mass is 164 g/mol. The maximum absolute atomic E-state index is 11.5. The number of hydrogen-bond donors (Lipinski definition) is 0. The van der Waals surface area contributed by atoms with Crippen molar-refractivity contribution in [1.29, 1.82) is 0 Å². The molecule has 0 saturated heterocycles. The summed E-state index contributed by atoms with van der Waals surface area (Å²) in [7, 11) is 0. The Balaban J connectivity index is 2.37. The molecule has 0 heterocycles. The summed E-state index contributed by atoms with van der Waals surface area (Å²) in [6.07, 6.45) is 4.21. The van der Waals surface area contributed by atoms with E-state index in [1.807, 2.05) is 0 Å². The van der Waals surface area contributed by atoms with Crippen molar-refractivity contribution in [1.82, 2.24) is 0 Å². The van der Waals surface area contributed by atoms with Crippen molar-refractivity contribution in [2.45, 2.75) is 33.6 Å². The molecule has 0 aromatic rings. The van der Waals surface area contributed by atoms with E-state index >= 15 is 0 Å². The molecule has 1 saturated carbocycles. The van der Waals surface area contributed by atoms with Gasteiger partial charge in [-0.3, -0.25) is 4.79 Å². The third-order valence-corrected chi connectivity index (χ3v) is 4.05. The summed E-state index contributed by atoms with van der Waals surface area (Å²) in [5, 5.41) is 0. The zero-order valence-electron chi connectivity index (χ0n) is 8.05. The first-order valence-electron chi connectivity index (χ1n) is 4.75. The summed E-state index contributed by atoms with van der Waals surface area (Å²) in [6, 6.07) is 0. The van der Waals surface area contributed by atoms with Crippen LogP contribution in [0.15, 0.2) is 11.6 Å². The number of carbonyl (C=O) groups excluding carboxylic acids is 1. The lowest BCUT2D eigenvalue weighted by molar-refractivity contribution is -0.120. The van der Waals surface area contributed by atoms with Crippen LogP contribution in [-0.4, -0.2) is 5.78 Å². The Bertz CT molecular complexity index is 264. The highest BCUT2D eigenvalue weighted by atomic mass is 16.1. The summed E-state index contributed by atoms with van der Waals surface area (Å²) < 4.78 is 0. The minimum atomic E-state index is 0.219. The van der Waals surface area contributed by atoms with E-state index in [0.29, 0.717) is 17.6 Å². The zero-order chi connectivity index (χ0) is 8.93. The molecule has 0 radical (unpaired) electrons. The van der Waals surface area contributed by atoms with Gasteiger partial charge in [0.15, 0.2) is 0 Å². The van der Waals surface area contributed by atoms with Crippen molar-refractivity contribution in [3.63, 3.8) is 0 Å². The summed E-state index contributed by atoms with van der Waals surface area (Å²) in [4.78, 5) is 11.5. The maximum Gasteiger partial charge on any atom is 0.136 e. The molecule has 2 aliphatic carbocycles. The smallest absolute Gasteiger partial charge is 0.136 e. The van der Waals surface area contributed by atoms with Crippen molar-refractivity contribution in [2.75, 3.05) is 0 Å². The molecule has 0 aromatic heterocycles. The molecule has 2 rings (SSSR count). The first kappa shape index (κ1) is 8.03. The second-order valence-corrected chi connectivity index (χ2v) is 4.58. The number of Topliss-reactive ketones (excluding diaryl/α,β-unsaturated/α-hetero) is 1. The quantitative estimate of drug-likeness (QED) is 0.503. The second-order valence-electron chi connectivity index (χ2n) is 4.58. The van der Waals surface area contributed by atoms with E-state index in [0.717, 1.165) is 12.8 Å². The number of carbonyl (C=O) groups is 1. The van der Waals surface area contributed by atoms with Crippen molar-refractivity contribution >= 4 is 5.78 Å². The topological polar surface area (TPSA) is 17.1 Å². The van der Waals surface area contributed by atoms with Crippen LogP contribution in [0.2, 0.25) is 0 Å². The van der Waals surface area contributed by atoms with E-state index in [-0.39, 0.29) is 5.41 Å². The van der Waals surface area contributed by atoms with Crippen LogP contribution in [0.1, 0.15) is 33.6 Å². The van der Waals surface area contributed by atoms with Crippen molar-refractivity contribution < 1.29 is 4.79 Å². The first-order chi connectivity index (χ1) is 5.55. The maximum atomic E-state index is 11.5. The van der Waals surface area contributed by atoms with E-state index < -0.39 is 0 Å². The van der Waals surface area contributed by atoms with Crippen LogP contribution in [-0.2, 0) is 4.79 Å². The molecule has 0 spiro atoms. The van der Waals surface area contributed by atoms with E-state index in [9.17, 15) is 4.79 Å². The average Bonchev–Trinajstić information content (AvgIpc) is 2.38. The number of ketones is 1. The third-order valence-electron chi connectivity index (χ3n) is 4.05. The Morgan fingerprint density at radius 1 is 1.58 bits per heavy atom. The van der Waals surface area contributed by atoms with E-state index in [1.54, 1.807) is 0 Å². The Kier molecular flexibility index (Phi) is 1.48. The molecule has 1 nitrogen and oxygen atoms in total. The molecule has 1 fully saturated rings. The molecule has 0 aromatic carbocycles. The van der Waals surface area contributed by atoms with Gasteiger partial charge < -0.3 is 0 Å². The molecular weight excluding hydrogens is 148 g/mol. The molecule has 12 heavy (non-hydrogen) atoms. The molecule has 1 heteroatoms. The summed E-state index contributed by atoms with van der Waals surface area (Å²) in [6.45, 7) is 6.51. The fourth-order valence-electron chi connectivity index (χ4n) is 2.86. The van der Waals surface area contributed by atoms with Crippen LogP contribution >= 0.6 is 0 Å². The third kappa shape index (κ3) is 0.769. The number of allylic oxidation sites excluding steroid dienone is 2. The minimum absolute atomic E-state index is 0.219. The molecule has 3 atom stereocenters. The fourth-order valence-corrected chi connectivity index (χ4v) is 2.86. The van der Waals surface area contributed by atoms with Gasteiger partial charge in [0.05, 0.1) is 0 Å². The lowest BCUT2D eigenvalue weighted by Crippen LogP contribution is -2.20. The summed E-state index contributed by atoms with van der Waals surface area (Å²) in [5.41, 5.74) is 1.65. The van der Waals surface area contributed by atoms with Crippen molar-refractivity contribution in [3.8, 4) is 0 Å². The van der Waals surface area contributed by atoms with Gasteiger partial charge in [-0.15, -0.1) is 0 Å². The fraction of sp³-hybridized carbons (Fsp3) is 0.727. The lowest BCUT2D eigenvalue weighted by Gasteiger charge is -2.26. The van der Waals surface area contributed by atoms with E-state index in [1.165, 1.54) is 5.57 Å². The number of rotatable bonds is 0. The molecule has 66 valence electrons. The van der Waals surface area contributed by atoms with Crippen molar-refractivity contribution in [3.05, 3.63) is 11.6 Å². The van der Waals surface area contributed by atoms with Gasteiger partial charge in [0.1, 0.15) is 5.78 Å². The van der Waals surface area contributed by atoms with E-state index in [4.69, 9.17) is 0 Å². The first-order valence-corrected chi connectivity index (χ1v) is 4.75. The summed E-state index contributed by atoms with van der Waals surface area (Å²) >= 11 is 0. The Morgan fingerprint density at radius 3 is 2.83 bits per heavy atom. The van der Waals surface area contributed by atoms with Gasteiger partial charge >= 0.3 is 0 Å². The predicted molar refractivity (Wildman–Crippen MR) is 48.8 cm³/mol. The van der Waals surface area contributed by atoms with Gasteiger partial charge in [-0.2, -0.15) is 0 Å². The molecule has 0 N–H and O–H groups in total. The predicted octanol–water partition coefficient (Wildman–Crippen LogP) is 2.57. The van der Waals surface area contributed by atoms with Crippen LogP contribution in [0.25, 0.3) is 0 Å². The van der Waals surface area contributed by atoms with Gasteiger partial charge in [-0.25, -0.2) is 0 Å². The van der Waals surface area contributed by atoms with Gasteiger partial charge in [0.2, 0.25) is 0 Å². The highest BCUT2D eigenvalue weighted by Gasteiger charge is 2.50. The van der Waals surface area contributed by atoms with E-state index in [2.05, 4.69) is 26.8 Å². The van der Waals surface area contributed by atoms with Gasteiger partial charge in [-0.05, 0) is 24.7 Å². The molecular formula is C11H16O. The SMILES string of the molecule is CC1=CCC2C(C)C(=O)CC12C. The highest BCUT2D eigenvalue weighted by molar-refractivity contribution is 5.85. The second kappa shape index (κ2) is 2.21. The standard InChI is InChI=1S/C11H16O/c1-7-4-5-9-8(2)10(12)6-11(7,9)3/h4,8-9H,5-6H2,1-3H3. The largest absolute Gasteiger partial charge is 0.299 e. The number of hydrogen-bond acceptors (Lipinski definition) is 1. The zero-order valence-corrected chi connectivity index (χ0v) is 8.05. The van der Waals surface area contributed by atoms with Gasteiger partial charge in [0, 0.05) is 12.3 Å². The molecule has 3 unspecified atom stereocenters. The average molecular weight is 164 g/mol. The number of fused-ring (bicyclic) bond motifs is 1. The summed E-state index contributed by atoms with van der Waals surface area (Å²) in [5.74, 6) is 1.36. The molecule has 0 aliphatic heterocycles. The molecule has 2 aliphatic rings. The highest BCUT2D eigenvalue weighted by Crippen LogP contribution is 2.54. The Hall–Kier alpha value is -0.590. The van der Waals surface area contributed by atoms with Crippen LogP contribution in [0.4, 0.5) is 0 Å².